The van der Waals surface area contributed by atoms with Crippen LogP contribution in [0.3, 0.4) is 0 Å². The quantitative estimate of drug-likeness (QED) is 0.471. The lowest BCUT2D eigenvalue weighted by atomic mass is 9.92. The predicted octanol–water partition coefficient (Wildman–Crippen LogP) is 3.10. The zero-order chi connectivity index (χ0) is 22.6. The van der Waals surface area contributed by atoms with Gasteiger partial charge in [0.25, 0.3) is 0 Å². The lowest BCUT2D eigenvalue weighted by Gasteiger charge is -2.41. The number of aryl methyl sites for hydroxylation is 1. The SMILES string of the molecule is C=CCOC1(C)CCN(c2c(CC(=O)OC)c(C)cc3nc(C(=O)OCC)cn23)CC1. The topological polar surface area (TPSA) is 82.4 Å². The highest BCUT2D eigenvalue weighted by molar-refractivity contribution is 5.88. The van der Waals surface area contributed by atoms with Gasteiger partial charge >= 0.3 is 11.9 Å². The minimum Gasteiger partial charge on any atom is -0.469 e. The van der Waals surface area contributed by atoms with E-state index < -0.39 is 5.97 Å². The van der Waals surface area contributed by atoms with E-state index in [2.05, 4.69) is 23.4 Å². The van der Waals surface area contributed by atoms with Crippen molar-refractivity contribution in [2.24, 2.45) is 0 Å². The molecule has 2 aromatic heterocycles. The number of esters is 2. The van der Waals surface area contributed by atoms with Crippen molar-refractivity contribution in [1.82, 2.24) is 9.38 Å². The number of rotatable bonds is 8. The Hall–Kier alpha value is -2.87. The number of hydrogen-bond donors (Lipinski definition) is 0. The average molecular weight is 430 g/mol. The molecule has 8 nitrogen and oxygen atoms in total. The molecule has 0 N–H and O–H groups in total. The summed E-state index contributed by atoms with van der Waals surface area (Å²) in [5.41, 5.74) is 2.45. The van der Waals surface area contributed by atoms with Gasteiger partial charge in [-0.15, -0.1) is 6.58 Å². The van der Waals surface area contributed by atoms with Gasteiger partial charge in [0.2, 0.25) is 0 Å². The fraction of sp³-hybridized carbons (Fsp3) is 0.522. The molecule has 0 aromatic carbocycles. The van der Waals surface area contributed by atoms with Gasteiger partial charge in [0.15, 0.2) is 5.69 Å². The molecule has 2 aromatic rings. The van der Waals surface area contributed by atoms with Gasteiger partial charge < -0.3 is 19.1 Å². The van der Waals surface area contributed by atoms with Gasteiger partial charge in [-0.25, -0.2) is 9.78 Å². The number of hydrogen-bond acceptors (Lipinski definition) is 7. The number of aromatic nitrogens is 2. The molecule has 8 heteroatoms. The summed E-state index contributed by atoms with van der Waals surface area (Å²) in [6, 6.07) is 1.88. The number of pyridine rings is 1. The molecule has 0 amide bonds. The third-order valence-electron chi connectivity index (χ3n) is 5.76. The molecule has 168 valence electrons. The number of carbonyl (C=O) groups is 2. The number of anilines is 1. The van der Waals surface area contributed by atoms with Crippen LogP contribution >= 0.6 is 0 Å². The van der Waals surface area contributed by atoms with Crippen molar-refractivity contribution in [3.8, 4) is 0 Å². The van der Waals surface area contributed by atoms with E-state index in [1.54, 1.807) is 19.2 Å². The summed E-state index contributed by atoms with van der Waals surface area (Å²) in [6.45, 7) is 11.8. The van der Waals surface area contributed by atoms with E-state index >= 15 is 0 Å². The summed E-state index contributed by atoms with van der Waals surface area (Å²) >= 11 is 0. The first-order valence-corrected chi connectivity index (χ1v) is 10.6. The first kappa shape index (κ1) is 22.8. The predicted molar refractivity (Wildman–Crippen MR) is 118 cm³/mol. The van der Waals surface area contributed by atoms with Gasteiger partial charge in [0, 0.05) is 24.8 Å². The van der Waals surface area contributed by atoms with Gasteiger partial charge in [-0.2, -0.15) is 0 Å². The maximum absolute atomic E-state index is 12.3. The Morgan fingerprint density at radius 2 is 2.03 bits per heavy atom. The van der Waals surface area contributed by atoms with Crippen molar-refractivity contribution in [2.45, 2.75) is 45.6 Å². The molecule has 0 saturated carbocycles. The zero-order valence-corrected chi connectivity index (χ0v) is 18.8. The van der Waals surface area contributed by atoms with Crippen LogP contribution in [0.15, 0.2) is 24.9 Å². The molecule has 0 aliphatic carbocycles. The fourth-order valence-corrected chi connectivity index (χ4v) is 3.95. The van der Waals surface area contributed by atoms with E-state index in [-0.39, 0.29) is 30.3 Å². The molecule has 0 spiro atoms. The number of carbonyl (C=O) groups excluding carboxylic acids is 2. The van der Waals surface area contributed by atoms with E-state index in [1.165, 1.54) is 7.11 Å². The molecular formula is C23H31N3O5. The van der Waals surface area contributed by atoms with Crippen molar-refractivity contribution in [3.63, 3.8) is 0 Å². The second-order valence-corrected chi connectivity index (χ2v) is 7.99. The Bertz CT molecular complexity index is 973. The maximum Gasteiger partial charge on any atom is 0.358 e. The van der Waals surface area contributed by atoms with Gasteiger partial charge in [-0.05, 0) is 45.2 Å². The average Bonchev–Trinajstić information content (AvgIpc) is 3.17. The lowest BCUT2D eigenvalue weighted by Crippen LogP contribution is -2.45. The van der Waals surface area contributed by atoms with Gasteiger partial charge in [-0.1, -0.05) is 6.08 Å². The van der Waals surface area contributed by atoms with Crippen molar-refractivity contribution < 1.29 is 23.8 Å². The Labute approximate surface area is 182 Å². The van der Waals surface area contributed by atoms with Crippen LogP contribution in [0, 0.1) is 6.92 Å². The number of nitrogens with zero attached hydrogens (tertiary/aromatic N) is 3. The molecule has 1 saturated heterocycles. The highest BCUT2D eigenvalue weighted by atomic mass is 16.5. The van der Waals surface area contributed by atoms with Crippen LogP contribution in [0.4, 0.5) is 5.82 Å². The van der Waals surface area contributed by atoms with Crippen LogP contribution < -0.4 is 4.90 Å². The van der Waals surface area contributed by atoms with Crippen LogP contribution in [-0.4, -0.2) is 60.3 Å². The first-order valence-electron chi connectivity index (χ1n) is 10.6. The summed E-state index contributed by atoms with van der Waals surface area (Å²) in [5, 5.41) is 0. The molecule has 1 aliphatic heterocycles. The molecule has 0 unspecified atom stereocenters. The number of ether oxygens (including phenoxy) is 3. The minimum atomic E-state index is -0.464. The number of piperidine rings is 1. The maximum atomic E-state index is 12.3. The van der Waals surface area contributed by atoms with Crippen molar-refractivity contribution in [2.75, 3.05) is 38.3 Å². The van der Waals surface area contributed by atoms with Crippen LogP contribution in [0.2, 0.25) is 0 Å². The van der Waals surface area contributed by atoms with Gasteiger partial charge in [-0.3, -0.25) is 9.20 Å². The number of methoxy groups -OCH3 is 1. The molecule has 3 heterocycles. The Balaban J connectivity index is 2.03. The highest BCUT2D eigenvalue weighted by Crippen LogP contribution is 2.33. The summed E-state index contributed by atoms with van der Waals surface area (Å²) < 4.78 is 17.9. The third-order valence-corrected chi connectivity index (χ3v) is 5.76. The zero-order valence-electron chi connectivity index (χ0n) is 18.8. The van der Waals surface area contributed by atoms with Gasteiger partial charge in [0.05, 0.1) is 32.3 Å². The highest BCUT2D eigenvalue weighted by Gasteiger charge is 2.33. The molecule has 0 bridgehead atoms. The van der Waals surface area contributed by atoms with Crippen molar-refractivity contribution >= 4 is 23.4 Å². The van der Waals surface area contributed by atoms with E-state index in [0.717, 1.165) is 42.9 Å². The number of imidazole rings is 1. The van der Waals surface area contributed by atoms with E-state index in [4.69, 9.17) is 14.2 Å². The van der Waals surface area contributed by atoms with Crippen LogP contribution in [0.1, 0.15) is 48.3 Å². The first-order chi connectivity index (χ1) is 14.8. The molecule has 1 fully saturated rings. The fourth-order valence-electron chi connectivity index (χ4n) is 3.95. The summed E-state index contributed by atoms with van der Waals surface area (Å²) in [5.74, 6) is 0.0770. The normalized spacial score (nSPS) is 15.7. The van der Waals surface area contributed by atoms with E-state index in [1.807, 2.05) is 17.4 Å². The third kappa shape index (κ3) is 4.90. The summed E-state index contributed by atoms with van der Waals surface area (Å²) in [7, 11) is 1.38. The van der Waals surface area contributed by atoms with Crippen LogP contribution in [0.25, 0.3) is 5.65 Å². The smallest absolute Gasteiger partial charge is 0.358 e. The molecular weight excluding hydrogens is 398 g/mol. The molecule has 31 heavy (non-hydrogen) atoms. The molecule has 3 rings (SSSR count). The minimum absolute atomic E-state index is 0.140. The molecule has 0 atom stereocenters. The van der Waals surface area contributed by atoms with Crippen molar-refractivity contribution in [3.05, 3.63) is 41.7 Å². The Morgan fingerprint density at radius 3 is 2.65 bits per heavy atom. The standard InChI is InChI=1S/C23H31N3O5/c1-6-12-31-23(4)8-10-25(11-9-23)21-17(14-20(27)29-5)16(3)13-19-24-18(15-26(19)21)22(28)30-7-2/h6,13,15H,1,7-12,14H2,2-5H3. The Morgan fingerprint density at radius 1 is 1.32 bits per heavy atom. The summed E-state index contributed by atoms with van der Waals surface area (Å²) in [6.07, 6.45) is 5.24. The lowest BCUT2D eigenvalue weighted by molar-refractivity contribution is -0.139. The van der Waals surface area contributed by atoms with E-state index in [0.29, 0.717) is 12.3 Å². The largest absolute Gasteiger partial charge is 0.469 e. The second kappa shape index (κ2) is 9.51. The number of fused-ring (bicyclic) bond motifs is 1. The van der Waals surface area contributed by atoms with Crippen LogP contribution in [-0.2, 0) is 25.4 Å². The van der Waals surface area contributed by atoms with Crippen LogP contribution in [0.5, 0.6) is 0 Å². The molecule has 1 aliphatic rings. The second-order valence-electron chi connectivity index (χ2n) is 7.99. The monoisotopic (exact) mass is 429 g/mol. The van der Waals surface area contributed by atoms with Crippen molar-refractivity contribution in [1.29, 1.82) is 0 Å². The molecule has 0 radical (unpaired) electrons. The Kier molecular flexibility index (Phi) is 7.00. The van der Waals surface area contributed by atoms with Gasteiger partial charge in [0.1, 0.15) is 11.5 Å². The summed E-state index contributed by atoms with van der Waals surface area (Å²) in [4.78, 5) is 31.1. The van der Waals surface area contributed by atoms with E-state index in [9.17, 15) is 9.59 Å².